The average molecular weight is 236 g/mol. The molecule has 94 valence electrons. The van der Waals surface area contributed by atoms with Gasteiger partial charge in [-0.15, -0.1) is 0 Å². The van der Waals surface area contributed by atoms with Crippen LogP contribution in [0.25, 0.3) is 0 Å². The van der Waals surface area contributed by atoms with Crippen LogP contribution in [0.3, 0.4) is 0 Å². The molecule has 2 aliphatic rings. The zero-order chi connectivity index (χ0) is 12.1. The summed E-state index contributed by atoms with van der Waals surface area (Å²) in [4.78, 5) is 0. The van der Waals surface area contributed by atoms with Crippen molar-refractivity contribution in [3.8, 4) is 0 Å². The smallest absolute Gasteiger partial charge is 0.104 e. The molecular formula is C14H20O3. The van der Waals surface area contributed by atoms with Crippen LogP contribution in [0.2, 0.25) is 0 Å². The molecule has 1 aromatic rings. The Hall–Kier alpha value is -0.900. The normalized spacial score (nSPS) is 24.8. The summed E-state index contributed by atoms with van der Waals surface area (Å²) in [6, 6.07) is 8.48. The van der Waals surface area contributed by atoms with Crippen LogP contribution >= 0.6 is 0 Å². The zero-order valence-corrected chi connectivity index (χ0v) is 10.5. The van der Waals surface area contributed by atoms with E-state index in [-0.39, 0.29) is 0 Å². The fraction of sp³-hybridized carbons (Fsp3) is 0.571. The van der Waals surface area contributed by atoms with Gasteiger partial charge in [0.25, 0.3) is 0 Å². The fourth-order valence-electron chi connectivity index (χ4n) is 1.30. The minimum Gasteiger partial charge on any atom is -0.376 e. The molecule has 0 spiro atoms. The van der Waals surface area contributed by atoms with Gasteiger partial charge in [-0.1, -0.05) is 35.4 Å². The summed E-state index contributed by atoms with van der Waals surface area (Å²) < 4.78 is 15.1. The van der Waals surface area contributed by atoms with Gasteiger partial charge in [0.1, 0.15) is 12.2 Å². The Morgan fingerprint density at radius 1 is 0.941 bits per heavy atom. The molecule has 1 aromatic carbocycles. The molecule has 3 rings (SSSR count). The first-order valence-electron chi connectivity index (χ1n) is 6.08. The van der Waals surface area contributed by atoms with E-state index in [9.17, 15) is 0 Å². The molecule has 17 heavy (non-hydrogen) atoms. The van der Waals surface area contributed by atoms with E-state index in [4.69, 9.17) is 14.2 Å². The highest BCUT2D eigenvalue weighted by Crippen LogP contribution is 2.12. The highest BCUT2D eigenvalue weighted by atomic mass is 16.6. The Morgan fingerprint density at radius 2 is 1.29 bits per heavy atom. The van der Waals surface area contributed by atoms with Crippen LogP contribution in [0.1, 0.15) is 11.1 Å². The summed E-state index contributed by atoms with van der Waals surface area (Å²) in [6.45, 7) is 7.45. The van der Waals surface area contributed by atoms with Crippen LogP contribution in [-0.2, 0) is 14.2 Å². The lowest BCUT2D eigenvalue weighted by Crippen LogP contribution is -2.06. The summed E-state index contributed by atoms with van der Waals surface area (Å²) in [5, 5.41) is 0. The van der Waals surface area contributed by atoms with Gasteiger partial charge in [0, 0.05) is 0 Å². The lowest BCUT2D eigenvalue weighted by molar-refractivity contribution is 0.102. The molecule has 0 bridgehead atoms. The van der Waals surface area contributed by atoms with Gasteiger partial charge >= 0.3 is 0 Å². The van der Waals surface area contributed by atoms with Crippen molar-refractivity contribution in [1.82, 2.24) is 0 Å². The highest BCUT2D eigenvalue weighted by molar-refractivity contribution is 5.19. The van der Waals surface area contributed by atoms with E-state index in [0.29, 0.717) is 12.2 Å². The predicted octanol–water partition coefficient (Wildman–Crippen LogP) is 2.10. The van der Waals surface area contributed by atoms with E-state index in [1.807, 2.05) is 0 Å². The van der Waals surface area contributed by atoms with Crippen LogP contribution < -0.4 is 0 Å². The maximum absolute atomic E-state index is 5.23. The minimum atomic E-state index is 0.392. The van der Waals surface area contributed by atoms with E-state index in [0.717, 1.165) is 26.4 Å². The molecule has 2 fully saturated rings. The number of hydrogen-bond donors (Lipinski definition) is 0. The van der Waals surface area contributed by atoms with Gasteiger partial charge in [0.05, 0.1) is 26.4 Å². The number of epoxide rings is 2. The summed E-state index contributed by atoms with van der Waals surface area (Å²) in [7, 11) is 0. The number of aryl methyl sites for hydroxylation is 2. The fourth-order valence-corrected chi connectivity index (χ4v) is 1.30. The maximum Gasteiger partial charge on any atom is 0.104 e. The molecule has 3 nitrogen and oxygen atoms in total. The van der Waals surface area contributed by atoms with Crippen molar-refractivity contribution in [3.05, 3.63) is 35.4 Å². The molecule has 0 aliphatic carbocycles. The van der Waals surface area contributed by atoms with E-state index >= 15 is 0 Å². The topological polar surface area (TPSA) is 34.3 Å². The number of hydrogen-bond acceptors (Lipinski definition) is 3. The van der Waals surface area contributed by atoms with Crippen LogP contribution in [-0.4, -0.2) is 38.6 Å². The number of rotatable bonds is 4. The lowest BCUT2D eigenvalue weighted by atomic mass is 10.2. The molecule has 3 heteroatoms. The summed E-state index contributed by atoms with van der Waals surface area (Å²) >= 11 is 0. The second kappa shape index (κ2) is 6.15. The maximum atomic E-state index is 5.23. The zero-order valence-electron chi connectivity index (χ0n) is 10.5. The Morgan fingerprint density at radius 3 is 1.59 bits per heavy atom. The summed E-state index contributed by atoms with van der Waals surface area (Å²) in [5.74, 6) is 0. The largest absolute Gasteiger partial charge is 0.376 e. The molecule has 0 saturated carbocycles. The van der Waals surface area contributed by atoms with Crippen molar-refractivity contribution >= 4 is 0 Å². The standard InChI is InChI=1S/C8H10.C6H10O3/c1-7-3-5-8(2)6-4-7;1(5-3-8-5)7-2-6-4-9-6/h3-6H,1-2H3;5-6H,1-4H2. The first-order valence-corrected chi connectivity index (χ1v) is 6.08. The monoisotopic (exact) mass is 236 g/mol. The Labute approximate surface area is 103 Å². The molecule has 2 aliphatic heterocycles. The molecule has 0 radical (unpaired) electrons. The average Bonchev–Trinajstić information content (AvgIpc) is 3.16. The van der Waals surface area contributed by atoms with Crippen LogP contribution in [0.15, 0.2) is 24.3 Å². The SMILES string of the molecule is C(OCC1CO1)C1CO1.Cc1ccc(C)cc1. The second-order valence-electron chi connectivity index (χ2n) is 4.60. The molecule has 2 heterocycles. The third-order valence-electron chi connectivity index (χ3n) is 2.63. The van der Waals surface area contributed by atoms with Gasteiger partial charge < -0.3 is 14.2 Å². The van der Waals surface area contributed by atoms with Crippen molar-refractivity contribution in [2.45, 2.75) is 26.1 Å². The molecule has 2 unspecified atom stereocenters. The molecule has 0 N–H and O–H groups in total. The van der Waals surface area contributed by atoms with Crippen LogP contribution in [0.4, 0.5) is 0 Å². The first-order chi connectivity index (χ1) is 8.24. The Bertz CT molecular complexity index is 293. The highest BCUT2D eigenvalue weighted by Gasteiger charge is 2.26. The lowest BCUT2D eigenvalue weighted by Gasteiger charge is -1.95. The first kappa shape index (κ1) is 12.6. The van der Waals surface area contributed by atoms with Gasteiger partial charge in [-0.25, -0.2) is 0 Å². The molecule has 0 aromatic heterocycles. The Kier molecular flexibility index (Phi) is 4.54. The Balaban J connectivity index is 0.000000128. The van der Waals surface area contributed by atoms with E-state index < -0.39 is 0 Å². The summed E-state index contributed by atoms with van der Waals surface area (Å²) in [6.07, 6.45) is 0.785. The van der Waals surface area contributed by atoms with E-state index in [1.54, 1.807) is 0 Å². The van der Waals surface area contributed by atoms with E-state index in [1.165, 1.54) is 11.1 Å². The molecule has 2 saturated heterocycles. The summed E-state index contributed by atoms with van der Waals surface area (Å²) in [5.41, 5.74) is 2.66. The van der Waals surface area contributed by atoms with Gasteiger partial charge in [-0.3, -0.25) is 0 Å². The van der Waals surface area contributed by atoms with Gasteiger partial charge in [0.15, 0.2) is 0 Å². The second-order valence-corrected chi connectivity index (χ2v) is 4.60. The predicted molar refractivity (Wildman–Crippen MR) is 66.2 cm³/mol. The molecule has 2 atom stereocenters. The van der Waals surface area contributed by atoms with Gasteiger partial charge in [-0.05, 0) is 13.8 Å². The van der Waals surface area contributed by atoms with Gasteiger partial charge in [0.2, 0.25) is 0 Å². The number of ether oxygens (including phenoxy) is 3. The molecule has 0 amide bonds. The van der Waals surface area contributed by atoms with Crippen molar-refractivity contribution < 1.29 is 14.2 Å². The van der Waals surface area contributed by atoms with Crippen molar-refractivity contribution in [1.29, 1.82) is 0 Å². The van der Waals surface area contributed by atoms with Crippen molar-refractivity contribution in [2.75, 3.05) is 26.4 Å². The molecular weight excluding hydrogens is 216 g/mol. The van der Waals surface area contributed by atoms with Crippen molar-refractivity contribution in [2.24, 2.45) is 0 Å². The van der Waals surface area contributed by atoms with Crippen molar-refractivity contribution in [3.63, 3.8) is 0 Å². The minimum absolute atomic E-state index is 0.392. The van der Waals surface area contributed by atoms with Gasteiger partial charge in [-0.2, -0.15) is 0 Å². The third kappa shape index (κ3) is 5.82. The van der Waals surface area contributed by atoms with Crippen LogP contribution in [0.5, 0.6) is 0 Å². The quantitative estimate of drug-likeness (QED) is 0.751. The van der Waals surface area contributed by atoms with E-state index in [2.05, 4.69) is 38.1 Å². The van der Waals surface area contributed by atoms with Crippen LogP contribution in [0, 0.1) is 13.8 Å². The third-order valence-corrected chi connectivity index (χ3v) is 2.63. The number of benzene rings is 1.